The molecule has 0 aliphatic rings. The number of hydrogen-bond donors (Lipinski definition) is 2. The number of anilines is 2. The maximum absolute atomic E-state index is 11.3. The first-order chi connectivity index (χ1) is 7.13. The monoisotopic (exact) mass is 211 g/mol. The van der Waals surface area contributed by atoms with Crippen LogP contribution in [0.3, 0.4) is 0 Å². The number of nitrogens with two attached hydrogens (primary N) is 1. The van der Waals surface area contributed by atoms with Crippen LogP contribution in [-0.4, -0.2) is 32.2 Å². The van der Waals surface area contributed by atoms with E-state index in [1.165, 1.54) is 20.3 Å². The number of carbonyl (C=O) groups is 1. The van der Waals surface area contributed by atoms with Crippen LogP contribution in [0, 0.1) is 0 Å². The van der Waals surface area contributed by atoms with Crippen molar-refractivity contribution >= 4 is 17.5 Å². The van der Waals surface area contributed by atoms with E-state index in [9.17, 15) is 4.79 Å². The van der Waals surface area contributed by atoms with E-state index >= 15 is 0 Å². The topological polar surface area (TPSA) is 86.5 Å². The number of nitrogens with zero attached hydrogens (tertiary/aromatic N) is 1. The quantitative estimate of drug-likeness (QED) is 0.708. The van der Waals surface area contributed by atoms with Gasteiger partial charge in [-0.05, 0) is 0 Å². The van der Waals surface area contributed by atoms with Gasteiger partial charge in [0.15, 0.2) is 11.5 Å². The van der Waals surface area contributed by atoms with Crippen molar-refractivity contribution in [1.82, 2.24) is 4.98 Å². The molecule has 1 aromatic rings. The number of pyridine rings is 1. The average molecular weight is 211 g/mol. The highest BCUT2D eigenvalue weighted by Gasteiger charge is 2.14. The third kappa shape index (κ3) is 2.09. The van der Waals surface area contributed by atoms with Gasteiger partial charge in [0.25, 0.3) is 0 Å². The van der Waals surface area contributed by atoms with Crippen molar-refractivity contribution in [2.24, 2.45) is 0 Å². The lowest BCUT2D eigenvalue weighted by Gasteiger charge is -2.10. The van der Waals surface area contributed by atoms with Crippen LogP contribution in [0.25, 0.3) is 0 Å². The molecule has 3 N–H and O–H groups in total. The van der Waals surface area contributed by atoms with Crippen molar-refractivity contribution in [2.75, 3.05) is 32.3 Å². The number of rotatable bonds is 3. The average Bonchev–Trinajstić information content (AvgIpc) is 2.28. The molecular weight excluding hydrogens is 198 g/mol. The van der Waals surface area contributed by atoms with Crippen LogP contribution in [-0.2, 0) is 4.74 Å². The van der Waals surface area contributed by atoms with Crippen LogP contribution >= 0.6 is 0 Å². The molecule has 1 aromatic heterocycles. The number of carbonyl (C=O) groups excluding carboxylic acids is 1. The molecule has 0 saturated heterocycles. The van der Waals surface area contributed by atoms with Crippen molar-refractivity contribution in [3.05, 3.63) is 11.8 Å². The van der Waals surface area contributed by atoms with Crippen LogP contribution < -0.4 is 15.8 Å². The maximum atomic E-state index is 11.3. The smallest absolute Gasteiger partial charge is 0.356 e. The van der Waals surface area contributed by atoms with Gasteiger partial charge in [-0.3, -0.25) is 0 Å². The van der Waals surface area contributed by atoms with Gasteiger partial charge in [-0.25, -0.2) is 9.78 Å². The zero-order chi connectivity index (χ0) is 11.4. The summed E-state index contributed by atoms with van der Waals surface area (Å²) in [6, 6.07) is 1.43. The molecule has 82 valence electrons. The van der Waals surface area contributed by atoms with Crippen molar-refractivity contribution < 1.29 is 14.3 Å². The Morgan fingerprint density at radius 3 is 2.67 bits per heavy atom. The predicted octanol–water partition coefficient (Wildman–Crippen LogP) is 0.501. The highest BCUT2D eigenvalue weighted by Crippen LogP contribution is 2.28. The van der Waals surface area contributed by atoms with Crippen LogP contribution in [0.1, 0.15) is 10.5 Å². The first-order valence-electron chi connectivity index (χ1n) is 4.24. The van der Waals surface area contributed by atoms with Gasteiger partial charge in [0.1, 0.15) is 11.4 Å². The summed E-state index contributed by atoms with van der Waals surface area (Å²) in [4.78, 5) is 15.2. The molecule has 0 saturated carbocycles. The number of nitrogens with one attached hydrogen (secondary N) is 1. The van der Waals surface area contributed by atoms with Crippen LogP contribution in [0.4, 0.5) is 11.5 Å². The highest BCUT2D eigenvalue weighted by molar-refractivity contribution is 5.90. The van der Waals surface area contributed by atoms with Gasteiger partial charge < -0.3 is 20.5 Å². The van der Waals surface area contributed by atoms with Gasteiger partial charge in [0, 0.05) is 13.1 Å². The minimum Gasteiger partial charge on any atom is -0.494 e. The second kappa shape index (κ2) is 4.50. The van der Waals surface area contributed by atoms with Gasteiger partial charge in [-0.15, -0.1) is 0 Å². The normalized spacial score (nSPS) is 9.53. The molecule has 0 bridgehead atoms. The molecular formula is C9H13N3O3. The van der Waals surface area contributed by atoms with Crippen LogP contribution in [0.15, 0.2) is 6.07 Å². The molecule has 0 amide bonds. The first-order valence-corrected chi connectivity index (χ1v) is 4.24. The highest BCUT2D eigenvalue weighted by atomic mass is 16.5. The second-order valence-electron chi connectivity index (χ2n) is 2.71. The fourth-order valence-electron chi connectivity index (χ4n) is 1.10. The summed E-state index contributed by atoms with van der Waals surface area (Å²) in [5, 5.41) is 2.77. The standard InChI is InChI=1S/C9H13N3O3/c1-11-8-7(10)6(14-2)4-5(12-8)9(13)15-3/h4H,10H2,1-3H3,(H,11,12). The Kier molecular flexibility index (Phi) is 3.33. The fourth-order valence-corrected chi connectivity index (χ4v) is 1.10. The van der Waals surface area contributed by atoms with Crippen molar-refractivity contribution in [2.45, 2.75) is 0 Å². The summed E-state index contributed by atoms with van der Waals surface area (Å²) < 4.78 is 9.56. The fraction of sp³-hybridized carbons (Fsp3) is 0.333. The largest absolute Gasteiger partial charge is 0.494 e. The molecule has 6 nitrogen and oxygen atoms in total. The Morgan fingerprint density at radius 1 is 1.53 bits per heavy atom. The van der Waals surface area contributed by atoms with E-state index < -0.39 is 5.97 Å². The van der Waals surface area contributed by atoms with E-state index in [4.69, 9.17) is 10.5 Å². The van der Waals surface area contributed by atoms with Crippen molar-refractivity contribution in [3.63, 3.8) is 0 Å². The summed E-state index contributed by atoms with van der Waals surface area (Å²) in [6.07, 6.45) is 0. The molecule has 0 unspecified atom stereocenters. The van der Waals surface area contributed by atoms with Crippen LogP contribution in [0.2, 0.25) is 0 Å². The van der Waals surface area contributed by atoms with E-state index in [-0.39, 0.29) is 5.69 Å². The lowest BCUT2D eigenvalue weighted by Crippen LogP contribution is -2.09. The van der Waals surface area contributed by atoms with Crippen molar-refractivity contribution in [3.8, 4) is 5.75 Å². The van der Waals surface area contributed by atoms with E-state index in [1.54, 1.807) is 7.05 Å². The van der Waals surface area contributed by atoms with Gasteiger partial charge in [-0.2, -0.15) is 0 Å². The summed E-state index contributed by atoms with van der Waals surface area (Å²) in [7, 11) is 4.40. The third-order valence-electron chi connectivity index (χ3n) is 1.87. The van der Waals surface area contributed by atoms with Crippen molar-refractivity contribution in [1.29, 1.82) is 0 Å². The van der Waals surface area contributed by atoms with Gasteiger partial charge in [-0.1, -0.05) is 0 Å². The Morgan fingerprint density at radius 2 is 2.20 bits per heavy atom. The number of methoxy groups -OCH3 is 2. The van der Waals surface area contributed by atoms with Gasteiger partial charge >= 0.3 is 5.97 Å². The molecule has 0 radical (unpaired) electrons. The number of aromatic nitrogens is 1. The lowest BCUT2D eigenvalue weighted by molar-refractivity contribution is 0.0594. The Labute approximate surface area is 87.4 Å². The molecule has 15 heavy (non-hydrogen) atoms. The van der Waals surface area contributed by atoms with E-state index in [2.05, 4.69) is 15.0 Å². The lowest BCUT2D eigenvalue weighted by atomic mass is 10.3. The predicted molar refractivity (Wildman–Crippen MR) is 56.1 cm³/mol. The minimum atomic E-state index is -0.537. The molecule has 0 fully saturated rings. The SMILES string of the molecule is CNc1nc(C(=O)OC)cc(OC)c1N. The number of nitrogen functional groups attached to an aromatic ring is 1. The summed E-state index contributed by atoms with van der Waals surface area (Å²) in [6.45, 7) is 0. The molecule has 0 aliphatic heterocycles. The molecule has 0 aromatic carbocycles. The van der Waals surface area contributed by atoms with E-state index in [0.717, 1.165) is 0 Å². The molecule has 1 heterocycles. The minimum absolute atomic E-state index is 0.146. The Hall–Kier alpha value is -1.98. The Balaban J connectivity index is 3.26. The zero-order valence-electron chi connectivity index (χ0n) is 8.83. The maximum Gasteiger partial charge on any atom is 0.356 e. The molecule has 0 aliphatic carbocycles. The molecule has 1 rings (SSSR count). The van der Waals surface area contributed by atoms with Crippen LogP contribution in [0.5, 0.6) is 5.75 Å². The van der Waals surface area contributed by atoms with Gasteiger partial charge in [0.05, 0.1) is 14.2 Å². The molecule has 0 atom stereocenters. The second-order valence-corrected chi connectivity index (χ2v) is 2.71. The number of esters is 1. The molecule has 0 spiro atoms. The van der Waals surface area contributed by atoms with E-state index in [1.807, 2.05) is 0 Å². The molecule has 6 heteroatoms. The number of hydrogen-bond acceptors (Lipinski definition) is 6. The first kappa shape index (κ1) is 11.1. The third-order valence-corrected chi connectivity index (χ3v) is 1.87. The summed E-state index contributed by atoms with van der Waals surface area (Å²) in [5.74, 6) is 0.231. The summed E-state index contributed by atoms with van der Waals surface area (Å²) in [5.41, 5.74) is 6.21. The zero-order valence-corrected chi connectivity index (χ0v) is 8.83. The van der Waals surface area contributed by atoms with E-state index in [0.29, 0.717) is 17.3 Å². The Bertz CT molecular complexity index is 354. The number of ether oxygens (including phenoxy) is 2. The summed E-state index contributed by atoms with van der Waals surface area (Å²) >= 11 is 0. The van der Waals surface area contributed by atoms with Gasteiger partial charge in [0.2, 0.25) is 0 Å².